The number of anilines is 3. The molecule has 33 heavy (non-hydrogen) atoms. The maximum absolute atomic E-state index is 5.58. The van der Waals surface area contributed by atoms with Crippen molar-refractivity contribution in [1.82, 2.24) is 19.9 Å². The van der Waals surface area contributed by atoms with Crippen molar-refractivity contribution >= 4 is 17.8 Å². The highest BCUT2D eigenvalue weighted by molar-refractivity contribution is 5.42. The summed E-state index contributed by atoms with van der Waals surface area (Å²) in [4.78, 5) is 18.1. The second-order valence-corrected chi connectivity index (χ2v) is 8.11. The number of rotatable bonds is 14. The number of hydrogen-bond donors (Lipinski definition) is 4. The Hall–Kier alpha value is -2.56. The molecule has 3 rings (SSSR count). The predicted molar refractivity (Wildman–Crippen MR) is 130 cm³/mol. The molecule has 0 aliphatic heterocycles. The highest BCUT2D eigenvalue weighted by atomic mass is 16.5. The van der Waals surface area contributed by atoms with Gasteiger partial charge in [0.05, 0.1) is 38.7 Å². The van der Waals surface area contributed by atoms with Gasteiger partial charge in [0.15, 0.2) is 0 Å². The van der Waals surface area contributed by atoms with Gasteiger partial charge in [0.2, 0.25) is 17.8 Å². The van der Waals surface area contributed by atoms with Gasteiger partial charge >= 0.3 is 0 Å². The maximum Gasteiger partial charge on any atom is 0.229 e. The van der Waals surface area contributed by atoms with Crippen molar-refractivity contribution in [3.8, 4) is 0 Å². The van der Waals surface area contributed by atoms with E-state index in [4.69, 9.17) is 15.2 Å². The van der Waals surface area contributed by atoms with Gasteiger partial charge in [-0.3, -0.25) is 4.98 Å². The van der Waals surface area contributed by atoms with Crippen LogP contribution in [0.15, 0.2) is 24.4 Å². The molecular formula is C23H38N8O2. The Kier molecular flexibility index (Phi) is 11.6. The van der Waals surface area contributed by atoms with E-state index >= 15 is 0 Å². The maximum atomic E-state index is 5.58. The number of nitrogens with one attached hydrogen (secondary N) is 3. The van der Waals surface area contributed by atoms with E-state index in [1.54, 1.807) is 6.20 Å². The normalized spacial score (nSPS) is 14.9. The van der Waals surface area contributed by atoms with Crippen molar-refractivity contribution in [1.29, 1.82) is 0 Å². The van der Waals surface area contributed by atoms with Crippen LogP contribution in [0.1, 0.15) is 50.6 Å². The van der Waals surface area contributed by atoms with Crippen LogP contribution in [0.5, 0.6) is 0 Å². The van der Waals surface area contributed by atoms with Crippen LogP contribution < -0.4 is 21.7 Å². The van der Waals surface area contributed by atoms with Crippen LogP contribution >= 0.6 is 0 Å². The minimum absolute atomic E-state index is 0.390. The Labute approximate surface area is 196 Å². The smallest absolute Gasteiger partial charge is 0.229 e. The zero-order chi connectivity index (χ0) is 23.0. The summed E-state index contributed by atoms with van der Waals surface area (Å²) >= 11 is 0. The van der Waals surface area contributed by atoms with Crippen LogP contribution in [0.4, 0.5) is 17.8 Å². The molecule has 0 saturated heterocycles. The number of aromatic nitrogens is 4. The fourth-order valence-electron chi connectivity index (χ4n) is 3.69. The molecular weight excluding hydrogens is 420 g/mol. The Bertz CT molecular complexity index is 772. The zero-order valence-electron chi connectivity index (χ0n) is 19.5. The zero-order valence-corrected chi connectivity index (χ0v) is 19.5. The quantitative estimate of drug-likeness (QED) is 0.313. The van der Waals surface area contributed by atoms with Crippen LogP contribution in [0.2, 0.25) is 0 Å². The van der Waals surface area contributed by atoms with E-state index in [2.05, 4.69) is 35.9 Å². The second kappa shape index (κ2) is 15.3. The highest BCUT2D eigenvalue weighted by Crippen LogP contribution is 2.20. The monoisotopic (exact) mass is 458 g/mol. The summed E-state index contributed by atoms with van der Waals surface area (Å²) < 4.78 is 10.9. The van der Waals surface area contributed by atoms with E-state index in [0.29, 0.717) is 69.9 Å². The lowest BCUT2D eigenvalue weighted by atomic mass is 9.97. The van der Waals surface area contributed by atoms with Gasteiger partial charge in [0.1, 0.15) is 0 Å². The Balaban J connectivity index is 1.56. The van der Waals surface area contributed by atoms with Gasteiger partial charge in [-0.15, -0.1) is 0 Å². The summed E-state index contributed by atoms with van der Waals surface area (Å²) in [6.45, 7) is 3.80. The molecule has 1 aliphatic carbocycles. The van der Waals surface area contributed by atoms with E-state index in [0.717, 1.165) is 18.5 Å². The van der Waals surface area contributed by atoms with Crippen LogP contribution in [-0.4, -0.2) is 65.5 Å². The van der Waals surface area contributed by atoms with Gasteiger partial charge in [-0.05, 0) is 25.0 Å². The minimum Gasteiger partial charge on any atom is -0.378 e. The number of ether oxygens (including phenoxy) is 2. The molecule has 0 unspecified atom stereocenters. The molecule has 0 atom stereocenters. The van der Waals surface area contributed by atoms with Crippen molar-refractivity contribution in [2.24, 2.45) is 5.73 Å². The molecule has 1 fully saturated rings. The first-order valence-corrected chi connectivity index (χ1v) is 12.1. The average molecular weight is 459 g/mol. The SMILES string of the molecule is NCCOCCOCCNc1nc(NCc2ccccn2)nc(NC2CCCCCCC2)n1. The number of nitrogens with two attached hydrogens (primary N) is 1. The Morgan fingerprint density at radius 1 is 0.818 bits per heavy atom. The van der Waals surface area contributed by atoms with Crippen LogP contribution in [0.25, 0.3) is 0 Å². The molecule has 10 heteroatoms. The summed E-state index contributed by atoms with van der Waals surface area (Å²) in [5.41, 5.74) is 6.32. The molecule has 10 nitrogen and oxygen atoms in total. The molecule has 2 aromatic heterocycles. The molecule has 0 aromatic carbocycles. The lowest BCUT2D eigenvalue weighted by molar-refractivity contribution is 0.0547. The molecule has 1 saturated carbocycles. The molecule has 182 valence electrons. The third-order valence-electron chi connectivity index (χ3n) is 5.39. The summed E-state index contributed by atoms with van der Waals surface area (Å²) in [5.74, 6) is 1.63. The summed E-state index contributed by atoms with van der Waals surface area (Å²) in [6.07, 6.45) is 10.5. The van der Waals surface area contributed by atoms with Gasteiger partial charge in [0.25, 0.3) is 0 Å². The summed E-state index contributed by atoms with van der Waals surface area (Å²) in [6, 6.07) is 6.22. The van der Waals surface area contributed by atoms with E-state index in [9.17, 15) is 0 Å². The molecule has 5 N–H and O–H groups in total. The first-order chi connectivity index (χ1) is 16.3. The lowest BCUT2D eigenvalue weighted by Crippen LogP contribution is -2.23. The first kappa shape index (κ1) is 25.1. The van der Waals surface area contributed by atoms with Gasteiger partial charge < -0.3 is 31.2 Å². The molecule has 0 bridgehead atoms. The topological polar surface area (TPSA) is 132 Å². The molecule has 2 aromatic rings. The number of hydrogen-bond acceptors (Lipinski definition) is 10. The van der Waals surface area contributed by atoms with Crippen molar-refractivity contribution in [2.45, 2.75) is 57.5 Å². The summed E-state index contributed by atoms with van der Waals surface area (Å²) in [5, 5.41) is 10.1. The fourth-order valence-corrected chi connectivity index (χ4v) is 3.69. The number of pyridine rings is 1. The van der Waals surface area contributed by atoms with E-state index in [1.807, 2.05) is 18.2 Å². The Morgan fingerprint density at radius 3 is 2.24 bits per heavy atom. The summed E-state index contributed by atoms with van der Waals surface area (Å²) in [7, 11) is 0. The van der Waals surface area contributed by atoms with Gasteiger partial charge in [-0.1, -0.05) is 38.2 Å². The van der Waals surface area contributed by atoms with Gasteiger partial charge in [0, 0.05) is 25.3 Å². The average Bonchev–Trinajstić information content (AvgIpc) is 2.82. The fraction of sp³-hybridized carbons (Fsp3) is 0.652. The van der Waals surface area contributed by atoms with Crippen molar-refractivity contribution in [3.05, 3.63) is 30.1 Å². The molecule has 0 spiro atoms. The Morgan fingerprint density at radius 2 is 1.52 bits per heavy atom. The van der Waals surface area contributed by atoms with Crippen LogP contribution in [-0.2, 0) is 16.0 Å². The van der Waals surface area contributed by atoms with Crippen molar-refractivity contribution in [2.75, 3.05) is 55.5 Å². The van der Waals surface area contributed by atoms with E-state index < -0.39 is 0 Å². The minimum atomic E-state index is 0.390. The second-order valence-electron chi connectivity index (χ2n) is 8.11. The van der Waals surface area contributed by atoms with Crippen LogP contribution in [0.3, 0.4) is 0 Å². The molecule has 0 radical (unpaired) electrons. The van der Waals surface area contributed by atoms with Gasteiger partial charge in [-0.2, -0.15) is 15.0 Å². The molecule has 1 aliphatic rings. The number of nitrogens with zero attached hydrogens (tertiary/aromatic N) is 4. The van der Waals surface area contributed by atoms with E-state index in [-0.39, 0.29) is 0 Å². The third kappa shape index (κ3) is 10.3. The third-order valence-corrected chi connectivity index (χ3v) is 5.39. The van der Waals surface area contributed by atoms with Crippen molar-refractivity contribution < 1.29 is 9.47 Å². The highest BCUT2D eigenvalue weighted by Gasteiger charge is 2.14. The van der Waals surface area contributed by atoms with Crippen LogP contribution in [0, 0.1) is 0 Å². The molecule has 2 heterocycles. The van der Waals surface area contributed by atoms with Gasteiger partial charge in [-0.25, -0.2) is 0 Å². The predicted octanol–water partition coefficient (Wildman–Crippen LogP) is 2.81. The van der Waals surface area contributed by atoms with Crippen molar-refractivity contribution in [3.63, 3.8) is 0 Å². The van der Waals surface area contributed by atoms with E-state index in [1.165, 1.54) is 32.1 Å². The first-order valence-electron chi connectivity index (χ1n) is 12.1. The lowest BCUT2D eigenvalue weighted by Gasteiger charge is -2.21. The standard InChI is InChI=1S/C23H38N8O2/c24-11-14-32-16-17-33-15-13-26-21-29-22(27-18-20-10-6-7-12-25-20)31-23(30-21)28-19-8-4-2-1-3-5-9-19/h6-7,10,12,19H,1-5,8-9,11,13-18,24H2,(H3,26,27,28,29,30,31). The molecule has 0 amide bonds. The largest absolute Gasteiger partial charge is 0.378 e.